The fourth-order valence-corrected chi connectivity index (χ4v) is 7.66. The number of benzene rings is 6. The summed E-state index contributed by atoms with van der Waals surface area (Å²) in [5.74, 6) is 0. The molecule has 40 heavy (non-hydrogen) atoms. The van der Waals surface area contributed by atoms with E-state index in [4.69, 9.17) is 4.98 Å². The number of fused-ring (bicyclic) bond motifs is 13. The van der Waals surface area contributed by atoms with E-state index in [2.05, 4.69) is 140 Å². The van der Waals surface area contributed by atoms with Crippen LogP contribution in [0.4, 0.5) is 0 Å². The zero-order valence-electron chi connectivity index (χ0n) is 21.9. The van der Waals surface area contributed by atoms with Gasteiger partial charge in [0.2, 0.25) is 0 Å². The molecule has 0 saturated heterocycles. The topological polar surface area (TPSA) is 12.9 Å². The number of rotatable bonds is 1. The molecule has 0 radical (unpaired) electrons. The lowest BCUT2D eigenvalue weighted by atomic mass is 9.61. The smallest absolute Gasteiger partial charge is 0.0788 e. The molecule has 7 aromatic rings. The summed E-state index contributed by atoms with van der Waals surface area (Å²) in [5.41, 5.74) is 13.9. The van der Waals surface area contributed by atoms with Gasteiger partial charge >= 0.3 is 0 Å². The second kappa shape index (κ2) is 8.00. The number of nitrogens with zero attached hydrogens (tertiary/aromatic N) is 1. The van der Waals surface area contributed by atoms with Crippen LogP contribution >= 0.6 is 0 Å². The summed E-state index contributed by atoms with van der Waals surface area (Å²) in [7, 11) is 0. The lowest BCUT2D eigenvalue weighted by Crippen LogP contribution is -2.34. The molecule has 0 unspecified atom stereocenters. The Morgan fingerprint density at radius 2 is 1.10 bits per heavy atom. The van der Waals surface area contributed by atoms with Gasteiger partial charge in [-0.05, 0) is 62.4 Å². The molecule has 186 valence electrons. The van der Waals surface area contributed by atoms with Gasteiger partial charge in [-0.2, -0.15) is 0 Å². The maximum atomic E-state index is 5.23. The Labute approximate surface area is 233 Å². The van der Waals surface area contributed by atoms with E-state index in [0.29, 0.717) is 0 Å². The highest BCUT2D eigenvalue weighted by atomic mass is 14.7. The molecule has 0 aliphatic heterocycles. The van der Waals surface area contributed by atoms with Crippen LogP contribution < -0.4 is 0 Å². The Balaban J connectivity index is 1.50. The molecule has 1 nitrogen and oxygen atoms in total. The Bertz CT molecular complexity index is 2090. The molecule has 0 atom stereocenters. The van der Waals surface area contributed by atoms with Gasteiger partial charge in [0, 0.05) is 16.3 Å². The van der Waals surface area contributed by atoms with Gasteiger partial charge in [-0.25, -0.2) is 4.98 Å². The van der Waals surface area contributed by atoms with Crippen molar-refractivity contribution < 1.29 is 0 Å². The van der Waals surface area contributed by atoms with Crippen LogP contribution in [0.1, 0.15) is 33.4 Å². The molecule has 1 heterocycles. The summed E-state index contributed by atoms with van der Waals surface area (Å²) < 4.78 is 0. The second-order valence-corrected chi connectivity index (χ2v) is 11.0. The van der Waals surface area contributed by atoms with E-state index in [9.17, 15) is 0 Å². The average Bonchev–Trinajstić information content (AvgIpc) is 3.32. The van der Waals surface area contributed by atoms with E-state index < -0.39 is 0 Å². The van der Waals surface area contributed by atoms with Crippen molar-refractivity contribution in [2.75, 3.05) is 0 Å². The molecule has 0 fully saturated rings. The van der Waals surface area contributed by atoms with Crippen LogP contribution in [0, 0.1) is 0 Å². The number of aromatic nitrogens is 1. The summed E-state index contributed by atoms with van der Waals surface area (Å²) >= 11 is 0. The maximum Gasteiger partial charge on any atom is 0.0788 e. The van der Waals surface area contributed by atoms with E-state index in [1.165, 1.54) is 60.7 Å². The summed E-state index contributed by atoms with van der Waals surface area (Å²) in [4.78, 5) is 5.23. The van der Waals surface area contributed by atoms with Crippen molar-refractivity contribution in [3.8, 4) is 22.4 Å². The van der Waals surface area contributed by atoms with Gasteiger partial charge < -0.3 is 0 Å². The standard InChI is InChI=1S/C39H25N/c1-2-12-25(13-3-1)38-30-22-23-35-31(37(30)29-17-7-11-21-36(29)40-38)24-26-14-4-8-18-32(26)39(35)33-19-9-5-15-27(33)28-16-6-10-20-34(28)39/h1-23H,24H2. The first kappa shape index (κ1) is 21.9. The highest BCUT2D eigenvalue weighted by Crippen LogP contribution is 2.60. The third kappa shape index (κ3) is 2.69. The van der Waals surface area contributed by atoms with Gasteiger partial charge in [-0.3, -0.25) is 0 Å². The van der Waals surface area contributed by atoms with Gasteiger partial charge in [-0.15, -0.1) is 0 Å². The monoisotopic (exact) mass is 507 g/mol. The SMILES string of the molecule is c1ccc(-c2nc3ccccc3c3c4c(ccc23)C2(c3ccccc3C4)c3ccccc3-c3ccccc32)cc1. The molecular weight excluding hydrogens is 482 g/mol. The number of hydrogen-bond donors (Lipinski definition) is 0. The predicted molar refractivity (Wildman–Crippen MR) is 165 cm³/mol. The van der Waals surface area contributed by atoms with Crippen molar-refractivity contribution >= 4 is 21.7 Å². The van der Waals surface area contributed by atoms with E-state index in [-0.39, 0.29) is 5.41 Å². The third-order valence-corrected chi connectivity index (χ3v) is 9.17. The molecule has 1 heteroatoms. The first-order valence-electron chi connectivity index (χ1n) is 14.0. The van der Waals surface area contributed by atoms with Crippen LogP contribution in [0.15, 0.2) is 140 Å². The van der Waals surface area contributed by atoms with Gasteiger partial charge in [0.15, 0.2) is 0 Å². The van der Waals surface area contributed by atoms with Crippen molar-refractivity contribution in [1.82, 2.24) is 4.98 Å². The molecule has 9 rings (SSSR count). The Kier molecular flexibility index (Phi) is 4.38. The molecular formula is C39H25N. The Morgan fingerprint density at radius 3 is 1.88 bits per heavy atom. The van der Waals surface area contributed by atoms with Crippen molar-refractivity contribution in [2.24, 2.45) is 0 Å². The fraction of sp³-hybridized carbons (Fsp3) is 0.0513. The largest absolute Gasteiger partial charge is 0.247 e. The molecule has 1 aromatic heterocycles. The molecule has 2 aliphatic rings. The molecule has 0 saturated carbocycles. The molecule has 0 amide bonds. The molecule has 0 bridgehead atoms. The second-order valence-electron chi connectivity index (χ2n) is 11.0. The van der Waals surface area contributed by atoms with E-state index >= 15 is 0 Å². The quantitative estimate of drug-likeness (QED) is 0.202. The summed E-state index contributed by atoms with van der Waals surface area (Å²) in [6.07, 6.45) is 0.900. The van der Waals surface area contributed by atoms with Gasteiger partial charge in [0.1, 0.15) is 0 Å². The number of hydrogen-bond acceptors (Lipinski definition) is 1. The number of pyridine rings is 1. The first-order valence-corrected chi connectivity index (χ1v) is 14.0. The van der Waals surface area contributed by atoms with Gasteiger partial charge in [0.25, 0.3) is 0 Å². The summed E-state index contributed by atoms with van der Waals surface area (Å²) in [6, 6.07) is 51.2. The minimum atomic E-state index is -0.358. The minimum Gasteiger partial charge on any atom is -0.247 e. The van der Waals surface area contributed by atoms with Crippen molar-refractivity contribution in [3.63, 3.8) is 0 Å². The van der Waals surface area contributed by atoms with E-state index in [1.54, 1.807) is 0 Å². The third-order valence-electron chi connectivity index (χ3n) is 9.17. The van der Waals surface area contributed by atoms with E-state index in [1.807, 2.05) is 0 Å². The minimum absolute atomic E-state index is 0.358. The molecule has 1 spiro atoms. The van der Waals surface area contributed by atoms with Crippen LogP contribution in [-0.2, 0) is 11.8 Å². The fourth-order valence-electron chi connectivity index (χ4n) is 7.66. The van der Waals surface area contributed by atoms with Crippen LogP contribution in [0.2, 0.25) is 0 Å². The first-order chi connectivity index (χ1) is 19.9. The number of para-hydroxylation sites is 1. The van der Waals surface area contributed by atoms with Crippen LogP contribution in [-0.4, -0.2) is 4.98 Å². The van der Waals surface area contributed by atoms with Crippen LogP contribution in [0.25, 0.3) is 44.1 Å². The van der Waals surface area contributed by atoms with Crippen molar-refractivity contribution in [3.05, 3.63) is 173 Å². The Hall–Kier alpha value is -5.01. The summed E-state index contributed by atoms with van der Waals surface area (Å²) in [6.45, 7) is 0. The Morgan fingerprint density at radius 1 is 0.475 bits per heavy atom. The zero-order chi connectivity index (χ0) is 26.3. The normalized spacial score (nSPS) is 14.1. The average molecular weight is 508 g/mol. The van der Waals surface area contributed by atoms with E-state index in [0.717, 1.165) is 23.2 Å². The zero-order valence-corrected chi connectivity index (χ0v) is 21.9. The van der Waals surface area contributed by atoms with Gasteiger partial charge in [0.05, 0.1) is 16.6 Å². The highest BCUT2D eigenvalue weighted by molar-refractivity contribution is 6.13. The van der Waals surface area contributed by atoms with Crippen molar-refractivity contribution in [2.45, 2.75) is 11.8 Å². The van der Waals surface area contributed by atoms with Gasteiger partial charge in [-0.1, -0.05) is 133 Å². The molecule has 6 aromatic carbocycles. The van der Waals surface area contributed by atoms with Crippen molar-refractivity contribution in [1.29, 1.82) is 0 Å². The maximum absolute atomic E-state index is 5.23. The molecule has 2 aliphatic carbocycles. The van der Waals surface area contributed by atoms with Crippen LogP contribution in [0.5, 0.6) is 0 Å². The molecule has 0 N–H and O–H groups in total. The lowest BCUT2D eigenvalue weighted by Gasteiger charge is -2.41. The predicted octanol–water partition coefficient (Wildman–Crippen LogP) is 9.32. The summed E-state index contributed by atoms with van der Waals surface area (Å²) in [5, 5.41) is 3.78. The van der Waals surface area contributed by atoms with Crippen LogP contribution in [0.3, 0.4) is 0 Å². The lowest BCUT2D eigenvalue weighted by molar-refractivity contribution is 0.725. The highest BCUT2D eigenvalue weighted by Gasteiger charge is 2.49.